The SMILES string of the molecule is N#Cc1ccc(CN2CCC3(CCN(c4ncnc5sc(CC(F)(F)F)cc45)C3)C2)cc1.N#Cc1cccc(CN2CCC3(CCN(c4ncnc5sc(CC(F)(F)F)cc45)C3)C2)c1. The summed E-state index contributed by atoms with van der Waals surface area (Å²) < 4.78 is 77.1. The predicted molar refractivity (Wildman–Crippen MR) is 235 cm³/mol. The Labute approximate surface area is 374 Å². The molecule has 4 fully saturated rings. The average molecular weight is 915 g/mol. The summed E-state index contributed by atoms with van der Waals surface area (Å²) in [6, 6.07) is 23.0. The first kappa shape index (κ1) is 43.8. The van der Waals surface area contributed by atoms with Gasteiger partial charge >= 0.3 is 12.4 Å². The third-order valence-corrected chi connectivity index (χ3v) is 15.0. The van der Waals surface area contributed by atoms with Gasteiger partial charge in [-0.2, -0.15) is 36.9 Å². The number of fused-ring (bicyclic) bond motifs is 2. The molecule has 332 valence electrons. The smallest absolute Gasteiger partial charge is 0.355 e. The molecule has 10 nitrogen and oxygen atoms in total. The van der Waals surface area contributed by atoms with E-state index in [4.69, 9.17) is 10.5 Å². The van der Waals surface area contributed by atoms with Crippen LogP contribution in [0.15, 0.2) is 73.3 Å². The minimum Gasteiger partial charge on any atom is -0.355 e. The normalized spacial score (nSPS) is 21.6. The third kappa shape index (κ3) is 9.95. The lowest BCUT2D eigenvalue weighted by atomic mass is 9.86. The number of alkyl halides is 6. The highest BCUT2D eigenvalue weighted by atomic mass is 32.1. The molecule has 0 amide bonds. The molecule has 0 saturated carbocycles. The van der Waals surface area contributed by atoms with Crippen LogP contribution in [-0.2, 0) is 25.9 Å². The van der Waals surface area contributed by atoms with Crippen molar-refractivity contribution in [2.24, 2.45) is 10.8 Å². The summed E-state index contributed by atoms with van der Waals surface area (Å²) in [5.74, 6) is 1.50. The summed E-state index contributed by atoms with van der Waals surface area (Å²) in [5, 5.41) is 19.5. The standard InChI is InChI=1S/2C23H22F3N5S/c24-23(25,26)10-18-9-19-20(28-15-29-21(19)32-18)31-8-6-22(14-31)5-7-30(13-22)12-17-3-1-16(11-27)2-4-17;24-23(25,26)10-18-9-19-20(28-15-29-21(19)32-18)31-7-5-22(14-31)4-6-30(13-22)12-17-3-1-2-16(8-17)11-27/h1-4,9,15H,5-8,10,12-14H2;1-3,8-9,15H,4-7,10,12-14H2. The molecule has 2 spiro atoms. The number of nitriles is 2. The number of likely N-dealkylation sites (tertiary alicyclic amines) is 2. The Morgan fingerprint density at radius 1 is 0.562 bits per heavy atom. The first-order valence-corrected chi connectivity index (χ1v) is 22.8. The lowest BCUT2D eigenvalue weighted by molar-refractivity contribution is -0.127. The van der Waals surface area contributed by atoms with Gasteiger partial charge in [-0.25, -0.2) is 19.9 Å². The van der Waals surface area contributed by atoms with Crippen LogP contribution in [0, 0.1) is 33.5 Å². The van der Waals surface area contributed by atoms with Crippen molar-refractivity contribution in [3.05, 3.63) is 105 Å². The number of halogens is 6. The highest BCUT2D eigenvalue weighted by Gasteiger charge is 2.45. The minimum absolute atomic E-state index is 0.162. The van der Waals surface area contributed by atoms with E-state index in [1.54, 1.807) is 12.1 Å². The summed E-state index contributed by atoms with van der Waals surface area (Å²) in [5.41, 5.74) is 4.02. The van der Waals surface area contributed by atoms with Crippen molar-refractivity contribution in [1.29, 1.82) is 10.5 Å². The van der Waals surface area contributed by atoms with Gasteiger partial charge in [0.05, 0.1) is 46.9 Å². The van der Waals surface area contributed by atoms with E-state index in [1.165, 1.54) is 18.2 Å². The second kappa shape index (κ2) is 17.5. The van der Waals surface area contributed by atoms with Crippen LogP contribution in [0.4, 0.5) is 38.0 Å². The Morgan fingerprint density at radius 3 is 1.53 bits per heavy atom. The molecule has 10 rings (SSSR count). The van der Waals surface area contributed by atoms with Crippen LogP contribution in [0.25, 0.3) is 20.4 Å². The molecule has 4 aromatic heterocycles. The molecule has 8 heterocycles. The number of thiophene rings is 2. The van der Waals surface area contributed by atoms with Gasteiger partial charge in [0.2, 0.25) is 0 Å². The van der Waals surface area contributed by atoms with E-state index in [-0.39, 0.29) is 20.6 Å². The number of benzene rings is 2. The summed E-state index contributed by atoms with van der Waals surface area (Å²) >= 11 is 2.20. The monoisotopic (exact) mass is 914 g/mol. The fraction of sp³-hybridized carbons (Fsp3) is 0.435. The van der Waals surface area contributed by atoms with Crippen LogP contribution in [-0.4, -0.2) is 94.4 Å². The average Bonchev–Trinajstić information content (AvgIpc) is 4.13. The molecule has 4 aliphatic rings. The lowest BCUT2D eigenvalue weighted by Gasteiger charge is -2.25. The topological polar surface area (TPSA) is 112 Å². The molecule has 18 heteroatoms. The van der Waals surface area contributed by atoms with Crippen LogP contribution >= 0.6 is 22.7 Å². The number of nitrogens with zero attached hydrogens (tertiary/aromatic N) is 10. The molecule has 0 aliphatic carbocycles. The molecule has 2 unspecified atom stereocenters. The molecule has 0 bridgehead atoms. The molecular weight excluding hydrogens is 871 g/mol. The highest BCUT2D eigenvalue weighted by Crippen LogP contribution is 2.45. The molecule has 4 saturated heterocycles. The van der Waals surface area contributed by atoms with Crippen molar-refractivity contribution in [1.82, 2.24) is 29.7 Å². The lowest BCUT2D eigenvalue weighted by Crippen LogP contribution is -2.31. The fourth-order valence-electron chi connectivity index (χ4n) is 10.0. The number of rotatable bonds is 8. The molecule has 0 radical (unpaired) electrons. The summed E-state index contributed by atoms with van der Waals surface area (Å²) in [6.07, 6.45) is -3.14. The van der Waals surface area contributed by atoms with E-state index in [0.717, 1.165) is 142 Å². The van der Waals surface area contributed by atoms with Gasteiger partial charge < -0.3 is 9.80 Å². The second-order valence-electron chi connectivity index (χ2n) is 17.7. The Hall–Kier alpha value is -5.40. The zero-order chi connectivity index (χ0) is 44.7. The van der Waals surface area contributed by atoms with E-state index in [2.05, 4.69) is 57.7 Å². The van der Waals surface area contributed by atoms with E-state index in [9.17, 15) is 26.3 Å². The van der Waals surface area contributed by atoms with Gasteiger partial charge in [0, 0.05) is 72.9 Å². The minimum atomic E-state index is -4.23. The van der Waals surface area contributed by atoms with Crippen LogP contribution in [0.5, 0.6) is 0 Å². The maximum atomic E-state index is 12.8. The third-order valence-electron chi connectivity index (χ3n) is 12.9. The number of hydrogen-bond donors (Lipinski definition) is 0. The predicted octanol–water partition coefficient (Wildman–Crippen LogP) is 9.54. The van der Waals surface area contributed by atoms with Gasteiger partial charge in [-0.1, -0.05) is 24.3 Å². The Bertz CT molecular complexity index is 2720. The number of aromatic nitrogens is 4. The van der Waals surface area contributed by atoms with Gasteiger partial charge in [0.1, 0.15) is 34.0 Å². The van der Waals surface area contributed by atoms with Crippen LogP contribution < -0.4 is 9.80 Å². The zero-order valence-corrected chi connectivity index (χ0v) is 36.4. The molecule has 4 aliphatic heterocycles. The Morgan fingerprint density at radius 2 is 1.05 bits per heavy atom. The zero-order valence-electron chi connectivity index (χ0n) is 34.8. The van der Waals surface area contributed by atoms with E-state index in [0.29, 0.717) is 20.8 Å². The van der Waals surface area contributed by atoms with Crippen LogP contribution in [0.1, 0.15) is 57.7 Å². The summed E-state index contributed by atoms with van der Waals surface area (Å²) in [4.78, 5) is 28.4. The van der Waals surface area contributed by atoms with E-state index >= 15 is 0 Å². The molecule has 6 aromatic rings. The molecular formula is C46H44F6N10S2. The van der Waals surface area contributed by atoms with E-state index in [1.807, 2.05) is 42.5 Å². The molecule has 2 aromatic carbocycles. The van der Waals surface area contributed by atoms with Gasteiger partial charge in [0.15, 0.2) is 0 Å². The largest absolute Gasteiger partial charge is 0.393 e. The van der Waals surface area contributed by atoms with Crippen molar-refractivity contribution < 1.29 is 26.3 Å². The van der Waals surface area contributed by atoms with Gasteiger partial charge in [0.25, 0.3) is 0 Å². The van der Waals surface area contributed by atoms with Crippen molar-refractivity contribution in [2.45, 2.75) is 64.0 Å². The summed E-state index contributed by atoms with van der Waals surface area (Å²) in [6.45, 7) is 9.04. The maximum absolute atomic E-state index is 12.8. The first-order chi connectivity index (χ1) is 30.6. The summed E-state index contributed by atoms with van der Waals surface area (Å²) in [7, 11) is 0. The van der Waals surface area contributed by atoms with Crippen LogP contribution in [0.2, 0.25) is 0 Å². The molecule has 2 atom stereocenters. The van der Waals surface area contributed by atoms with Gasteiger partial charge in [-0.15, -0.1) is 22.7 Å². The number of anilines is 2. The Balaban J connectivity index is 0.000000162. The van der Waals surface area contributed by atoms with E-state index < -0.39 is 25.2 Å². The quantitative estimate of drug-likeness (QED) is 0.137. The van der Waals surface area contributed by atoms with Crippen molar-refractivity contribution in [2.75, 3.05) is 62.2 Å². The van der Waals surface area contributed by atoms with Crippen molar-refractivity contribution in [3.63, 3.8) is 0 Å². The maximum Gasteiger partial charge on any atom is 0.393 e. The van der Waals surface area contributed by atoms with Gasteiger partial charge in [-0.05, 0) is 86.3 Å². The fourth-order valence-corrected chi connectivity index (χ4v) is 12.1. The number of hydrogen-bond acceptors (Lipinski definition) is 12. The first-order valence-electron chi connectivity index (χ1n) is 21.2. The van der Waals surface area contributed by atoms with Crippen molar-refractivity contribution >= 4 is 54.7 Å². The van der Waals surface area contributed by atoms with Crippen LogP contribution in [0.3, 0.4) is 0 Å². The molecule has 64 heavy (non-hydrogen) atoms. The Kier molecular flexibility index (Phi) is 12.0. The second-order valence-corrected chi connectivity index (χ2v) is 20.0. The van der Waals surface area contributed by atoms with Crippen molar-refractivity contribution in [3.8, 4) is 12.1 Å². The molecule has 0 N–H and O–H groups in total. The van der Waals surface area contributed by atoms with Gasteiger partial charge in [-0.3, -0.25) is 9.80 Å². The highest BCUT2D eigenvalue weighted by molar-refractivity contribution is 7.19.